The minimum atomic E-state index is -0.645. The third-order valence-corrected chi connectivity index (χ3v) is 3.79. The number of nitrogens with one attached hydrogen (secondary N) is 1. The van der Waals surface area contributed by atoms with E-state index in [1.807, 2.05) is 25.2 Å². The Morgan fingerprint density at radius 1 is 1.43 bits per heavy atom. The highest BCUT2D eigenvalue weighted by Crippen LogP contribution is 2.15. The van der Waals surface area contributed by atoms with Crippen molar-refractivity contribution < 1.29 is 14.6 Å². The van der Waals surface area contributed by atoms with Crippen molar-refractivity contribution in [1.29, 1.82) is 0 Å². The van der Waals surface area contributed by atoms with E-state index in [1.54, 1.807) is 0 Å². The van der Waals surface area contributed by atoms with E-state index in [4.69, 9.17) is 4.74 Å². The molecule has 21 heavy (non-hydrogen) atoms. The third kappa shape index (κ3) is 4.81. The fraction of sp³-hybridized carbons (Fsp3) is 0.562. The van der Waals surface area contributed by atoms with Crippen LogP contribution in [-0.4, -0.2) is 60.9 Å². The first-order valence-corrected chi connectivity index (χ1v) is 7.35. The lowest BCUT2D eigenvalue weighted by Crippen LogP contribution is -2.45. The molecule has 5 nitrogen and oxygen atoms in total. The van der Waals surface area contributed by atoms with Gasteiger partial charge >= 0.3 is 0 Å². The van der Waals surface area contributed by atoms with E-state index in [9.17, 15) is 9.90 Å². The summed E-state index contributed by atoms with van der Waals surface area (Å²) in [5, 5.41) is 12.9. The molecule has 0 saturated carbocycles. The van der Waals surface area contributed by atoms with Crippen LogP contribution in [0.25, 0.3) is 0 Å². The molecule has 1 aromatic carbocycles. The lowest BCUT2D eigenvalue weighted by atomic mass is 10.1. The van der Waals surface area contributed by atoms with Gasteiger partial charge in [-0.1, -0.05) is 30.3 Å². The number of aliphatic hydroxyl groups excluding tert-OH is 1. The van der Waals surface area contributed by atoms with Gasteiger partial charge in [0, 0.05) is 20.0 Å². The normalized spacial score (nSPS) is 25.2. The Bertz CT molecular complexity index is 452. The molecular weight excluding hydrogens is 268 g/mol. The zero-order valence-electron chi connectivity index (χ0n) is 12.7. The number of aliphatic hydroxyl groups is 1. The molecule has 1 fully saturated rings. The lowest BCUT2D eigenvalue weighted by Gasteiger charge is -2.23. The van der Waals surface area contributed by atoms with Crippen molar-refractivity contribution in [2.75, 3.05) is 26.7 Å². The average Bonchev–Trinajstić information content (AvgIpc) is 2.79. The van der Waals surface area contributed by atoms with Gasteiger partial charge in [-0.25, -0.2) is 0 Å². The van der Waals surface area contributed by atoms with E-state index >= 15 is 0 Å². The smallest absolute Gasteiger partial charge is 0.217 e. The molecule has 1 aliphatic heterocycles. The molecule has 2 rings (SSSR count). The van der Waals surface area contributed by atoms with Gasteiger partial charge in [-0.2, -0.15) is 0 Å². The van der Waals surface area contributed by atoms with Crippen molar-refractivity contribution in [3.8, 4) is 0 Å². The van der Waals surface area contributed by atoms with Crippen molar-refractivity contribution in [2.24, 2.45) is 0 Å². The standard InChI is InChI=1S/C16H24N2O3/c1-12(19)17-14-11-21-15(16(14)20)10-18(2)9-8-13-6-4-3-5-7-13/h3-7,14-16,20H,8-11H2,1-2H3,(H,17,19)/t14-,15-,16+/m0/s1. The van der Waals surface area contributed by atoms with Crippen LogP contribution in [0.3, 0.4) is 0 Å². The first-order valence-electron chi connectivity index (χ1n) is 7.35. The molecule has 1 saturated heterocycles. The molecule has 1 heterocycles. The Morgan fingerprint density at radius 3 is 2.81 bits per heavy atom. The summed E-state index contributed by atoms with van der Waals surface area (Å²) in [5.74, 6) is -0.138. The zero-order chi connectivity index (χ0) is 15.2. The van der Waals surface area contributed by atoms with Gasteiger partial charge in [0.2, 0.25) is 5.91 Å². The molecular formula is C16H24N2O3. The number of benzene rings is 1. The largest absolute Gasteiger partial charge is 0.388 e. The number of nitrogens with zero attached hydrogens (tertiary/aromatic N) is 1. The fourth-order valence-electron chi connectivity index (χ4n) is 2.60. The van der Waals surface area contributed by atoms with Gasteiger partial charge in [0.25, 0.3) is 0 Å². The van der Waals surface area contributed by atoms with Crippen LogP contribution in [-0.2, 0) is 16.0 Å². The molecule has 0 spiro atoms. The number of ether oxygens (including phenoxy) is 1. The van der Waals surface area contributed by atoms with Crippen molar-refractivity contribution in [3.05, 3.63) is 35.9 Å². The second-order valence-corrected chi connectivity index (χ2v) is 5.67. The zero-order valence-corrected chi connectivity index (χ0v) is 12.7. The quantitative estimate of drug-likeness (QED) is 0.798. The minimum Gasteiger partial charge on any atom is -0.388 e. The van der Waals surface area contributed by atoms with Crippen LogP contribution in [0.1, 0.15) is 12.5 Å². The van der Waals surface area contributed by atoms with Gasteiger partial charge in [-0.15, -0.1) is 0 Å². The molecule has 0 bridgehead atoms. The van der Waals surface area contributed by atoms with Crippen LogP contribution in [0, 0.1) is 0 Å². The fourth-order valence-corrected chi connectivity index (χ4v) is 2.60. The maximum absolute atomic E-state index is 11.0. The Balaban J connectivity index is 1.75. The summed E-state index contributed by atoms with van der Waals surface area (Å²) in [6.45, 7) is 3.38. The molecule has 0 radical (unpaired) electrons. The topological polar surface area (TPSA) is 61.8 Å². The summed E-state index contributed by atoms with van der Waals surface area (Å²) in [5.41, 5.74) is 1.30. The van der Waals surface area contributed by atoms with E-state index in [1.165, 1.54) is 12.5 Å². The van der Waals surface area contributed by atoms with E-state index in [2.05, 4.69) is 22.3 Å². The van der Waals surface area contributed by atoms with Gasteiger partial charge in [0.15, 0.2) is 0 Å². The molecule has 1 amide bonds. The SMILES string of the molecule is CC(=O)N[C@H]1CO[C@@H](CN(C)CCc2ccccc2)[C@@H]1O. The Hall–Kier alpha value is -1.43. The van der Waals surface area contributed by atoms with Gasteiger partial charge in [-0.05, 0) is 19.0 Å². The molecule has 116 valence electrons. The predicted molar refractivity (Wildman–Crippen MR) is 81.0 cm³/mol. The number of rotatable bonds is 6. The predicted octanol–water partition coefficient (Wildman–Crippen LogP) is 0.425. The van der Waals surface area contributed by atoms with E-state index in [-0.39, 0.29) is 18.1 Å². The first kappa shape index (κ1) is 15.9. The second-order valence-electron chi connectivity index (χ2n) is 5.67. The van der Waals surface area contributed by atoms with E-state index < -0.39 is 6.10 Å². The molecule has 0 aromatic heterocycles. The maximum atomic E-state index is 11.0. The lowest BCUT2D eigenvalue weighted by molar-refractivity contribution is -0.120. The molecule has 1 aromatic rings. The van der Waals surface area contributed by atoms with Crippen molar-refractivity contribution in [1.82, 2.24) is 10.2 Å². The van der Waals surface area contributed by atoms with Gasteiger partial charge < -0.3 is 20.1 Å². The van der Waals surface area contributed by atoms with Crippen LogP contribution < -0.4 is 5.32 Å². The highest BCUT2D eigenvalue weighted by atomic mass is 16.5. The summed E-state index contributed by atoms with van der Waals surface area (Å²) in [6, 6.07) is 10.0. The third-order valence-electron chi connectivity index (χ3n) is 3.79. The molecule has 2 N–H and O–H groups in total. The van der Waals surface area contributed by atoms with E-state index in [0.717, 1.165) is 13.0 Å². The number of likely N-dealkylation sites (N-methyl/N-ethyl adjacent to an activating group) is 1. The van der Waals surface area contributed by atoms with Crippen molar-refractivity contribution >= 4 is 5.91 Å². The van der Waals surface area contributed by atoms with Crippen molar-refractivity contribution in [3.63, 3.8) is 0 Å². The summed E-state index contributed by atoms with van der Waals surface area (Å²) in [7, 11) is 2.02. The molecule has 1 aliphatic rings. The number of amides is 1. The molecule has 5 heteroatoms. The second kappa shape index (κ2) is 7.54. The average molecular weight is 292 g/mol. The van der Waals surface area contributed by atoms with Crippen molar-refractivity contribution in [2.45, 2.75) is 31.6 Å². The summed E-state index contributed by atoms with van der Waals surface area (Å²) in [4.78, 5) is 13.2. The molecule has 0 unspecified atom stereocenters. The minimum absolute atomic E-state index is 0.138. The summed E-state index contributed by atoms with van der Waals surface area (Å²) in [6.07, 6.45) is 0.0747. The highest BCUT2D eigenvalue weighted by molar-refractivity contribution is 5.73. The monoisotopic (exact) mass is 292 g/mol. The van der Waals surface area contributed by atoms with Gasteiger partial charge in [-0.3, -0.25) is 4.79 Å². The Labute approximate surface area is 125 Å². The number of carbonyl (C=O) groups excluding carboxylic acids is 1. The number of carbonyl (C=O) groups is 1. The Morgan fingerprint density at radius 2 is 2.14 bits per heavy atom. The Kier molecular flexibility index (Phi) is 5.73. The van der Waals surface area contributed by atoms with E-state index in [0.29, 0.717) is 13.2 Å². The highest BCUT2D eigenvalue weighted by Gasteiger charge is 2.36. The summed E-state index contributed by atoms with van der Waals surface area (Å²) >= 11 is 0. The summed E-state index contributed by atoms with van der Waals surface area (Å²) < 4.78 is 5.60. The van der Waals surface area contributed by atoms with Crippen LogP contribution in [0.15, 0.2) is 30.3 Å². The van der Waals surface area contributed by atoms with Crippen LogP contribution in [0.4, 0.5) is 0 Å². The maximum Gasteiger partial charge on any atom is 0.217 e. The first-order chi connectivity index (χ1) is 10.1. The molecule has 0 aliphatic carbocycles. The van der Waals surface area contributed by atoms with Crippen LogP contribution >= 0.6 is 0 Å². The van der Waals surface area contributed by atoms with Gasteiger partial charge in [0.1, 0.15) is 6.10 Å². The van der Waals surface area contributed by atoms with Crippen LogP contribution in [0.2, 0.25) is 0 Å². The van der Waals surface area contributed by atoms with Gasteiger partial charge in [0.05, 0.1) is 18.8 Å². The molecule has 3 atom stereocenters. The number of hydrogen-bond donors (Lipinski definition) is 2. The van der Waals surface area contributed by atoms with Crippen LogP contribution in [0.5, 0.6) is 0 Å². The number of hydrogen-bond acceptors (Lipinski definition) is 4.